The molecule has 5 N–H and O–H groups in total. The van der Waals surface area contributed by atoms with Crippen LogP contribution in [0.1, 0.15) is 31.4 Å². The summed E-state index contributed by atoms with van der Waals surface area (Å²) in [5.41, 5.74) is 1.44. The largest absolute Gasteiger partial charge is 0.388 e. The number of aromatic nitrogens is 2. The summed E-state index contributed by atoms with van der Waals surface area (Å²) in [6.07, 6.45) is 3.27. The van der Waals surface area contributed by atoms with Gasteiger partial charge in [0.05, 0.1) is 10.5 Å². The lowest BCUT2D eigenvalue weighted by atomic mass is 10.0. The molecule has 0 atom stereocenters. The Bertz CT molecular complexity index is 515. The zero-order valence-corrected chi connectivity index (χ0v) is 11.2. The predicted molar refractivity (Wildman–Crippen MR) is 73.1 cm³/mol. The minimum Gasteiger partial charge on any atom is -0.388 e. The number of nitro groups is 1. The number of nitrogen functional groups attached to an aromatic ring is 1. The zero-order chi connectivity index (χ0) is 14.8. The van der Waals surface area contributed by atoms with E-state index in [4.69, 9.17) is 5.84 Å². The van der Waals surface area contributed by atoms with Gasteiger partial charge in [-0.2, -0.15) is 4.98 Å². The van der Waals surface area contributed by atoms with Crippen LogP contribution in [-0.2, 0) is 0 Å². The molecule has 0 unspecified atom stereocenters. The number of aliphatic hydroxyl groups is 1. The van der Waals surface area contributed by atoms with Gasteiger partial charge in [0, 0.05) is 6.54 Å². The Morgan fingerprint density at radius 3 is 2.65 bits per heavy atom. The van der Waals surface area contributed by atoms with E-state index in [1.54, 1.807) is 0 Å². The third kappa shape index (κ3) is 2.94. The van der Waals surface area contributed by atoms with E-state index in [1.165, 1.54) is 6.92 Å². The van der Waals surface area contributed by atoms with Gasteiger partial charge in [-0.05, 0) is 19.8 Å². The van der Waals surface area contributed by atoms with Crippen LogP contribution >= 0.6 is 0 Å². The van der Waals surface area contributed by atoms with Gasteiger partial charge in [0.25, 0.3) is 0 Å². The summed E-state index contributed by atoms with van der Waals surface area (Å²) in [5, 5.41) is 24.2. The van der Waals surface area contributed by atoms with E-state index < -0.39 is 10.5 Å². The number of hydrazine groups is 1. The van der Waals surface area contributed by atoms with Gasteiger partial charge in [-0.1, -0.05) is 12.8 Å². The first-order valence-corrected chi connectivity index (χ1v) is 6.41. The van der Waals surface area contributed by atoms with Gasteiger partial charge in [0.1, 0.15) is 5.69 Å². The smallest absolute Gasteiger partial charge is 0.332 e. The average molecular weight is 282 g/mol. The van der Waals surface area contributed by atoms with Crippen molar-refractivity contribution in [2.24, 2.45) is 5.84 Å². The van der Waals surface area contributed by atoms with Crippen molar-refractivity contribution >= 4 is 17.5 Å². The van der Waals surface area contributed by atoms with Crippen molar-refractivity contribution in [1.82, 2.24) is 9.97 Å². The van der Waals surface area contributed by atoms with Crippen molar-refractivity contribution in [2.45, 2.75) is 38.2 Å². The normalized spacial score (nSPS) is 16.9. The maximum atomic E-state index is 11.1. The quantitative estimate of drug-likeness (QED) is 0.351. The fourth-order valence-corrected chi connectivity index (χ4v) is 2.43. The lowest BCUT2D eigenvalue weighted by molar-refractivity contribution is -0.385. The number of hydrogen-bond acceptors (Lipinski definition) is 8. The Kier molecular flexibility index (Phi) is 4.00. The molecule has 0 amide bonds. The van der Waals surface area contributed by atoms with Crippen LogP contribution in [0.25, 0.3) is 0 Å². The third-order valence-electron chi connectivity index (χ3n) is 3.49. The van der Waals surface area contributed by atoms with Crippen molar-refractivity contribution in [1.29, 1.82) is 0 Å². The van der Waals surface area contributed by atoms with Crippen LogP contribution in [0.4, 0.5) is 17.5 Å². The predicted octanol–water partition coefficient (Wildman–Crippen LogP) is 0.696. The van der Waals surface area contributed by atoms with E-state index in [0.29, 0.717) is 12.8 Å². The van der Waals surface area contributed by atoms with Gasteiger partial charge >= 0.3 is 5.69 Å². The third-order valence-corrected chi connectivity index (χ3v) is 3.49. The molecule has 2 rings (SSSR count). The molecule has 110 valence electrons. The van der Waals surface area contributed by atoms with Crippen molar-refractivity contribution < 1.29 is 10.0 Å². The second kappa shape index (κ2) is 5.55. The number of nitrogens with two attached hydrogens (primary N) is 1. The molecule has 0 saturated heterocycles. The number of hydrogen-bond donors (Lipinski definition) is 4. The van der Waals surface area contributed by atoms with E-state index in [9.17, 15) is 15.2 Å². The summed E-state index contributed by atoms with van der Waals surface area (Å²) in [6.45, 7) is 1.73. The Morgan fingerprint density at radius 1 is 1.45 bits per heavy atom. The van der Waals surface area contributed by atoms with Gasteiger partial charge in [-0.25, -0.2) is 10.8 Å². The monoisotopic (exact) mass is 282 g/mol. The minimum atomic E-state index is -0.830. The molecule has 0 aliphatic heterocycles. The summed E-state index contributed by atoms with van der Waals surface area (Å²) < 4.78 is 0. The minimum absolute atomic E-state index is 0.0655. The molecule has 1 aliphatic carbocycles. The molecule has 0 aromatic carbocycles. The first-order valence-electron chi connectivity index (χ1n) is 6.41. The highest BCUT2D eigenvalue weighted by Gasteiger charge is 2.32. The number of anilines is 2. The summed E-state index contributed by atoms with van der Waals surface area (Å²) in [5.74, 6) is 5.39. The van der Waals surface area contributed by atoms with Crippen molar-refractivity contribution in [3.05, 3.63) is 15.8 Å². The molecule has 20 heavy (non-hydrogen) atoms. The molecule has 0 radical (unpaired) electrons. The average Bonchev–Trinajstić information content (AvgIpc) is 2.82. The second-order valence-electron chi connectivity index (χ2n) is 5.02. The van der Waals surface area contributed by atoms with Crippen LogP contribution in [0, 0.1) is 17.0 Å². The summed E-state index contributed by atoms with van der Waals surface area (Å²) in [6, 6.07) is 0. The standard InChI is InChI=1S/C11H18N6O3/c1-7-8(17(19)20)9(15-10(14-7)16-12)13-6-11(18)4-2-3-5-11/h18H,2-6,12H2,1H3,(H2,13,14,15,16). The van der Waals surface area contributed by atoms with E-state index in [1.807, 2.05) is 0 Å². The first kappa shape index (κ1) is 14.4. The van der Waals surface area contributed by atoms with E-state index in [-0.39, 0.29) is 29.7 Å². The van der Waals surface area contributed by atoms with Crippen molar-refractivity contribution in [2.75, 3.05) is 17.3 Å². The van der Waals surface area contributed by atoms with Gasteiger partial charge < -0.3 is 10.4 Å². The number of aryl methyl sites for hydroxylation is 1. The molecule has 1 heterocycles. The molecule has 1 aromatic rings. The molecule has 9 heteroatoms. The molecule has 9 nitrogen and oxygen atoms in total. The van der Waals surface area contributed by atoms with Gasteiger partial charge in [-0.3, -0.25) is 15.5 Å². The molecular weight excluding hydrogens is 264 g/mol. The molecule has 0 bridgehead atoms. The fourth-order valence-electron chi connectivity index (χ4n) is 2.43. The highest BCUT2D eigenvalue weighted by molar-refractivity contribution is 5.60. The topological polar surface area (TPSA) is 139 Å². The Labute approximate surface area is 115 Å². The lowest BCUT2D eigenvalue weighted by Gasteiger charge is -2.22. The maximum absolute atomic E-state index is 11.1. The highest BCUT2D eigenvalue weighted by Crippen LogP contribution is 2.31. The number of rotatable bonds is 5. The SMILES string of the molecule is Cc1nc(NN)nc(NCC2(O)CCCC2)c1[N+](=O)[O-]. The fraction of sp³-hybridized carbons (Fsp3) is 0.636. The molecule has 1 aliphatic rings. The van der Waals surface area contributed by atoms with E-state index >= 15 is 0 Å². The number of nitrogens with zero attached hydrogens (tertiary/aromatic N) is 3. The Balaban J connectivity index is 2.24. The highest BCUT2D eigenvalue weighted by atomic mass is 16.6. The van der Waals surface area contributed by atoms with Gasteiger partial charge in [0.15, 0.2) is 0 Å². The first-order chi connectivity index (χ1) is 9.45. The van der Waals surface area contributed by atoms with Crippen LogP contribution in [0.3, 0.4) is 0 Å². The Morgan fingerprint density at radius 2 is 2.10 bits per heavy atom. The second-order valence-corrected chi connectivity index (χ2v) is 5.02. The van der Waals surface area contributed by atoms with Gasteiger partial charge in [-0.15, -0.1) is 0 Å². The van der Waals surface area contributed by atoms with Crippen LogP contribution in [0.2, 0.25) is 0 Å². The van der Waals surface area contributed by atoms with E-state index in [0.717, 1.165) is 12.8 Å². The lowest BCUT2D eigenvalue weighted by Crippen LogP contribution is -2.34. The van der Waals surface area contributed by atoms with Crippen LogP contribution in [-0.4, -0.2) is 32.1 Å². The maximum Gasteiger partial charge on any atom is 0.332 e. The summed E-state index contributed by atoms with van der Waals surface area (Å²) in [7, 11) is 0. The zero-order valence-electron chi connectivity index (χ0n) is 11.2. The molecule has 1 fully saturated rings. The molecular formula is C11H18N6O3. The Hall–Kier alpha value is -2.00. The molecule has 0 spiro atoms. The van der Waals surface area contributed by atoms with E-state index in [2.05, 4.69) is 20.7 Å². The molecule has 1 aromatic heterocycles. The van der Waals surface area contributed by atoms with Crippen LogP contribution < -0.4 is 16.6 Å². The summed E-state index contributed by atoms with van der Waals surface area (Å²) in [4.78, 5) is 18.4. The summed E-state index contributed by atoms with van der Waals surface area (Å²) >= 11 is 0. The number of nitrogens with one attached hydrogen (secondary N) is 2. The van der Waals surface area contributed by atoms with Crippen molar-refractivity contribution in [3.8, 4) is 0 Å². The van der Waals surface area contributed by atoms with Crippen LogP contribution in [0.15, 0.2) is 0 Å². The van der Waals surface area contributed by atoms with Gasteiger partial charge in [0.2, 0.25) is 11.8 Å². The van der Waals surface area contributed by atoms with Crippen molar-refractivity contribution in [3.63, 3.8) is 0 Å². The van der Waals surface area contributed by atoms with Crippen LogP contribution in [0.5, 0.6) is 0 Å². The molecule has 1 saturated carbocycles.